The van der Waals surface area contributed by atoms with E-state index in [1.807, 2.05) is 0 Å². The lowest BCUT2D eigenvalue weighted by Crippen LogP contribution is -2.11. The summed E-state index contributed by atoms with van der Waals surface area (Å²) in [6.07, 6.45) is 1.04. The van der Waals surface area contributed by atoms with E-state index in [0.29, 0.717) is 72.7 Å². The Morgan fingerprint density at radius 3 is 0.846 bits per heavy atom. The summed E-state index contributed by atoms with van der Waals surface area (Å²) in [5.74, 6) is 0. The van der Waals surface area contributed by atoms with Crippen molar-refractivity contribution >= 4 is 0 Å². The van der Waals surface area contributed by atoms with Gasteiger partial charge in [-0.15, -0.1) is 0 Å². The summed E-state index contributed by atoms with van der Waals surface area (Å²) in [5.41, 5.74) is 0. The molecule has 0 rings (SSSR count). The van der Waals surface area contributed by atoms with Gasteiger partial charge in [0, 0.05) is 6.61 Å². The molecule has 160 valence electrons. The number of ether oxygens (including phenoxy) is 6. The van der Waals surface area contributed by atoms with Crippen LogP contribution in [0.3, 0.4) is 0 Å². The maximum Gasteiger partial charge on any atom is 0.0701 e. The highest BCUT2D eigenvalue weighted by Gasteiger charge is 1.90. The third kappa shape index (κ3) is 31.4. The van der Waals surface area contributed by atoms with Crippen molar-refractivity contribution in [1.29, 1.82) is 0 Å². The van der Waals surface area contributed by atoms with Gasteiger partial charge in [-0.3, -0.25) is 0 Å². The van der Waals surface area contributed by atoms with Crippen LogP contribution in [0, 0.1) is 0 Å². The molecule has 0 unspecified atom stereocenters. The molecular weight excluding hydrogens is 348 g/mol. The van der Waals surface area contributed by atoms with E-state index in [1.54, 1.807) is 0 Å². The highest BCUT2D eigenvalue weighted by Crippen LogP contribution is 1.83. The molecule has 0 saturated heterocycles. The molecule has 0 heterocycles. The molecule has 3 N–H and O–H groups in total. The molecule has 9 heteroatoms. The van der Waals surface area contributed by atoms with Crippen LogP contribution in [-0.2, 0) is 28.4 Å². The summed E-state index contributed by atoms with van der Waals surface area (Å²) in [6, 6.07) is 0. The maximum atomic E-state index is 8.38. The third-order valence-electron chi connectivity index (χ3n) is 2.54. The zero-order chi connectivity index (χ0) is 19.6. The minimum atomic E-state index is 0.0413. The van der Waals surface area contributed by atoms with Crippen LogP contribution in [-0.4, -0.2) is 114 Å². The predicted octanol–water partition coefficient (Wildman–Crippen LogP) is -0.541. The molecule has 0 bridgehead atoms. The molecule has 0 aromatic rings. The maximum absolute atomic E-state index is 8.38. The topological polar surface area (TPSA) is 116 Å². The first-order chi connectivity index (χ1) is 12.8. The lowest BCUT2D eigenvalue weighted by atomic mass is 10.5. The number of hydrogen-bond acceptors (Lipinski definition) is 9. The predicted molar refractivity (Wildman–Crippen MR) is 96.5 cm³/mol. The van der Waals surface area contributed by atoms with Crippen LogP contribution < -0.4 is 0 Å². The normalized spacial score (nSPS) is 10.6. The highest BCUT2D eigenvalue weighted by atomic mass is 16.6. The Balaban J connectivity index is 0. The van der Waals surface area contributed by atoms with Gasteiger partial charge in [0.05, 0.1) is 92.5 Å². The molecule has 0 spiro atoms. The van der Waals surface area contributed by atoms with Crippen molar-refractivity contribution in [3.05, 3.63) is 0 Å². The van der Waals surface area contributed by atoms with E-state index >= 15 is 0 Å². The quantitative estimate of drug-likeness (QED) is 0.237. The number of hydrogen-bond donors (Lipinski definition) is 3. The molecule has 0 aliphatic heterocycles. The molecule has 9 nitrogen and oxygen atoms in total. The molecular formula is C17H38O9. The highest BCUT2D eigenvalue weighted by molar-refractivity contribution is 4.34. The van der Waals surface area contributed by atoms with E-state index in [9.17, 15) is 0 Å². The lowest BCUT2D eigenvalue weighted by Gasteiger charge is -2.05. The van der Waals surface area contributed by atoms with Crippen molar-refractivity contribution < 1.29 is 43.7 Å². The summed E-state index contributed by atoms with van der Waals surface area (Å²) in [4.78, 5) is 0. The minimum absolute atomic E-state index is 0.0413. The first-order valence-electron chi connectivity index (χ1n) is 9.12. The van der Waals surface area contributed by atoms with Gasteiger partial charge < -0.3 is 43.7 Å². The second-order valence-electron chi connectivity index (χ2n) is 4.85. The average molecular weight is 386 g/mol. The van der Waals surface area contributed by atoms with Gasteiger partial charge in [0.2, 0.25) is 0 Å². The van der Waals surface area contributed by atoms with Gasteiger partial charge in [0.1, 0.15) is 0 Å². The number of aliphatic hydroxyl groups is 3. The summed E-state index contributed by atoms with van der Waals surface area (Å²) in [6.45, 7) is 8.45. The lowest BCUT2D eigenvalue weighted by molar-refractivity contribution is 0.00230. The molecule has 0 fully saturated rings. The first-order valence-corrected chi connectivity index (χ1v) is 9.12. The Kier molecular flexibility index (Phi) is 31.5. The van der Waals surface area contributed by atoms with Gasteiger partial charge in [0.15, 0.2) is 0 Å². The SMILES string of the molecule is CCCOCCOCCOCCO.OCCOCCOCCOCCO. The van der Waals surface area contributed by atoms with E-state index in [1.165, 1.54) is 0 Å². The Hall–Kier alpha value is -0.360. The zero-order valence-corrected chi connectivity index (χ0v) is 16.1. The second-order valence-corrected chi connectivity index (χ2v) is 4.85. The molecule has 0 aromatic heterocycles. The van der Waals surface area contributed by atoms with Crippen LogP contribution in [0.5, 0.6) is 0 Å². The monoisotopic (exact) mass is 386 g/mol. The molecule has 0 amide bonds. The average Bonchev–Trinajstić information content (AvgIpc) is 2.66. The van der Waals surface area contributed by atoms with Gasteiger partial charge in [-0.2, -0.15) is 0 Å². The fraction of sp³-hybridized carbons (Fsp3) is 1.00. The summed E-state index contributed by atoms with van der Waals surface area (Å²) in [7, 11) is 0. The van der Waals surface area contributed by atoms with Crippen molar-refractivity contribution in [3.63, 3.8) is 0 Å². The van der Waals surface area contributed by atoms with E-state index < -0.39 is 0 Å². The smallest absolute Gasteiger partial charge is 0.0701 e. The first kappa shape index (κ1) is 27.9. The zero-order valence-electron chi connectivity index (χ0n) is 16.1. The van der Waals surface area contributed by atoms with Crippen molar-refractivity contribution in [2.24, 2.45) is 0 Å². The summed E-state index contributed by atoms with van der Waals surface area (Å²) in [5, 5.41) is 25.1. The van der Waals surface area contributed by atoms with Gasteiger partial charge in [0.25, 0.3) is 0 Å². The number of aliphatic hydroxyl groups excluding tert-OH is 3. The van der Waals surface area contributed by atoms with Gasteiger partial charge in [-0.1, -0.05) is 6.92 Å². The van der Waals surface area contributed by atoms with E-state index in [-0.39, 0.29) is 19.8 Å². The molecule has 0 aliphatic rings. The molecule has 0 radical (unpaired) electrons. The fourth-order valence-electron chi connectivity index (χ4n) is 1.42. The molecule has 26 heavy (non-hydrogen) atoms. The Morgan fingerprint density at radius 1 is 0.385 bits per heavy atom. The van der Waals surface area contributed by atoms with E-state index in [0.717, 1.165) is 13.0 Å². The van der Waals surface area contributed by atoms with Crippen LogP contribution in [0.1, 0.15) is 13.3 Å². The number of rotatable bonds is 20. The third-order valence-corrected chi connectivity index (χ3v) is 2.54. The molecule has 0 atom stereocenters. The van der Waals surface area contributed by atoms with Crippen LogP contribution in [0.25, 0.3) is 0 Å². The summed E-state index contributed by atoms with van der Waals surface area (Å²) < 4.78 is 30.4. The van der Waals surface area contributed by atoms with Crippen LogP contribution in [0.15, 0.2) is 0 Å². The summed E-state index contributed by atoms with van der Waals surface area (Å²) >= 11 is 0. The fourth-order valence-corrected chi connectivity index (χ4v) is 1.42. The van der Waals surface area contributed by atoms with Gasteiger partial charge in [-0.05, 0) is 6.42 Å². The van der Waals surface area contributed by atoms with Gasteiger partial charge >= 0.3 is 0 Å². The molecule has 0 aliphatic carbocycles. The van der Waals surface area contributed by atoms with Crippen molar-refractivity contribution in [2.45, 2.75) is 13.3 Å². The standard InChI is InChI=1S/C9H20O4.C8H18O5/c1-2-4-11-6-8-13-9-7-12-5-3-10;9-1-3-11-5-7-13-8-6-12-4-2-10/h10H,2-9H2,1H3;9-10H,1-8H2. The second kappa shape index (κ2) is 29.4. The van der Waals surface area contributed by atoms with Crippen LogP contribution in [0.2, 0.25) is 0 Å². The van der Waals surface area contributed by atoms with Crippen molar-refractivity contribution in [2.75, 3.05) is 99.1 Å². The van der Waals surface area contributed by atoms with Crippen LogP contribution >= 0.6 is 0 Å². The molecule has 0 saturated carbocycles. The minimum Gasteiger partial charge on any atom is -0.394 e. The van der Waals surface area contributed by atoms with E-state index in [4.69, 9.17) is 43.7 Å². The Labute approximate surface area is 157 Å². The Morgan fingerprint density at radius 2 is 0.615 bits per heavy atom. The van der Waals surface area contributed by atoms with Crippen molar-refractivity contribution in [1.82, 2.24) is 0 Å². The van der Waals surface area contributed by atoms with E-state index in [2.05, 4.69) is 6.92 Å². The Bertz CT molecular complexity index is 178. The largest absolute Gasteiger partial charge is 0.394 e. The van der Waals surface area contributed by atoms with Gasteiger partial charge in [-0.25, -0.2) is 0 Å². The van der Waals surface area contributed by atoms with Crippen molar-refractivity contribution in [3.8, 4) is 0 Å². The van der Waals surface area contributed by atoms with Crippen LogP contribution in [0.4, 0.5) is 0 Å². The molecule has 0 aromatic carbocycles.